The maximum atomic E-state index is 8.59. The predicted molar refractivity (Wildman–Crippen MR) is 385 cm³/mol. The lowest BCUT2D eigenvalue weighted by Gasteiger charge is -1.96. The molecule has 0 atom stereocenters. The second-order valence-corrected chi connectivity index (χ2v) is 20.7. The van der Waals surface area contributed by atoms with Gasteiger partial charge < -0.3 is 5.11 Å². The quantitative estimate of drug-likeness (QED) is 0.183. The Hall–Kier alpha value is -9.40. The molecule has 0 unspecified atom stereocenters. The average molecular weight is 1150 g/mol. The second kappa shape index (κ2) is 53.3. The predicted octanol–water partition coefficient (Wildman–Crippen LogP) is 23.5. The molecular weight excluding hydrogens is 1050 g/mol. The lowest BCUT2D eigenvalue weighted by molar-refractivity contribution is 0.299. The lowest BCUT2D eigenvalue weighted by atomic mass is 10.1. The summed E-state index contributed by atoms with van der Waals surface area (Å²) < 4.78 is 0. The van der Waals surface area contributed by atoms with E-state index in [-0.39, 0.29) is 6.61 Å². The molecule has 0 aromatic heterocycles. The minimum absolute atomic E-state index is 0.239. The average Bonchev–Trinajstić information content (AvgIpc) is 3.55. The topological polar surface area (TPSA) is 20.2 Å². The highest BCUT2D eigenvalue weighted by Gasteiger charge is 1.89. The summed E-state index contributed by atoms with van der Waals surface area (Å²) in [5.41, 5.74) is 17.0. The van der Waals surface area contributed by atoms with E-state index in [2.05, 4.69) is 229 Å². The van der Waals surface area contributed by atoms with Gasteiger partial charge in [-0.05, 0) is 95.1 Å². The summed E-state index contributed by atoms with van der Waals surface area (Å²) in [5.74, 6) is 0. The van der Waals surface area contributed by atoms with Crippen LogP contribution < -0.4 is 0 Å². The Morgan fingerprint density at radius 1 is 0.149 bits per heavy atom. The Balaban J connectivity index is 0.000000475. The molecule has 0 spiro atoms. The normalized spacial score (nSPS) is 8.84. The Morgan fingerprint density at radius 3 is 0.333 bits per heavy atom. The highest BCUT2D eigenvalue weighted by Crippen LogP contribution is 2.03. The molecule has 0 radical (unpaired) electrons. The molecule has 0 amide bonds. The Bertz CT molecular complexity index is 2560. The van der Waals surface area contributed by atoms with Crippen molar-refractivity contribution in [2.75, 3.05) is 6.61 Å². The summed E-state index contributed by atoms with van der Waals surface area (Å²) in [6.07, 6.45) is 0.764. The van der Waals surface area contributed by atoms with Crippen molar-refractivity contribution in [3.8, 4) is 0 Å². The van der Waals surface area contributed by atoms with Gasteiger partial charge in [-0.3, -0.25) is 0 Å². The standard InChI is InChI=1S/C9H12O.11C7H8/c1-8-2-4-9(5-3-8)6-7-10;11*1-7-5-3-2-4-6-7/h2-5,10H,6-7H2,1H3;11*2-6H,1H3. The summed E-state index contributed by atoms with van der Waals surface area (Å²) in [6, 6.07) is 121. The van der Waals surface area contributed by atoms with Crippen molar-refractivity contribution in [1.29, 1.82) is 0 Å². The molecule has 0 aliphatic rings. The molecule has 0 fully saturated rings. The van der Waals surface area contributed by atoms with Crippen molar-refractivity contribution < 1.29 is 5.11 Å². The molecule has 12 aromatic rings. The summed E-state index contributed by atoms with van der Waals surface area (Å²) in [6.45, 7) is 25.2. The van der Waals surface area contributed by atoms with Crippen LogP contribution in [0.3, 0.4) is 0 Å². The van der Waals surface area contributed by atoms with Crippen molar-refractivity contribution in [3.63, 3.8) is 0 Å². The van der Waals surface area contributed by atoms with Gasteiger partial charge in [0.2, 0.25) is 0 Å². The number of aliphatic hydroxyl groups excluding tert-OH is 1. The largest absolute Gasteiger partial charge is 0.396 e. The fourth-order valence-electron chi connectivity index (χ4n) is 6.76. The van der Waals surface area contributed by atoms with Crippen LogP contribution in [0, 0.1) is 83.1 Å². The lowest BCUT2D eigenvalue weighted by Crippen LogP contribution is -1.89. The van der Waals surface area contributed by atoms with Gasteiger partial charge in [-0.2, -0.15) is 0 Å². The van der Waals surface area contributed by atoms with Crippen LogP contribution in [0.25, 0.3) is 0 Å². The molecule has 450 valence electrons. The zero-order chi connectivity index (χ0) is 63.6. The molecule has 0 heterocycles. The summed E-state index contributed by atoms with van der Waals surface area (Å²) in [4.78, 5) is 0. The Labute approximate surface area is 528 Å². The van der Waals surface area contributed by atoms with E-state index in [0.29, 0.717) is 0 Å². The van der Waals surface area contributed by atoms with Gasteiger partial charge in [-0.25, -0.2) is 0 Å². The first-order valence-corrected chi connectivity index (χ1v) is 30.0. The zero-order valence-corrected chi connectivity index (χ0v) is 54.4. The van der Waals surface area contributed by atoms with E-state index in [1.165, 1.54) is 72.3 Å². The number of rotatable bonds is 2. The summed E-state index contributed by atoms with van der Waals surface area (Å²) >= 11 is 0. The molecule has 0 saturated heterocycles. The van der Waals surface area contributed by atoms with Gasteiger partial charge in [-0.1, -0.05) is 425 Å². The number of benzene rings is 12. The summed E-state index contributed by atoms with van der Waals surface area (Å²) in [5, 5.41) is 8.59. The van der Waals surface area contributed by atoms with Crippen LogP contribution in [0.5, 0.6) is 0 Å². The molecule has 1 nitrogen and oxygen atoms in total. The van der Waals surface area contributed by atoms with Crippen LogP contribution in [-0.4, -0.2) is 11.7 Å². The van der Waals surface area contributed by atoms with E-state index in [0.717, 1.165) is 6.42 Å². The van der Waals surface area contributed by atoms with Gasteiger partial charge >= 0.3 is 0 Å². The van der Waals surface area contributed by atoms with E-state index in [1.807, 2.05) is 212 Å². The third-order valence-electron chi connectivity index (χ3n) is 11.9. The van der Waals surface area contributed by atoms with E-state index < -0.39 is 0 Å². The van der Waals surface area contributed by atoms with Crippen LogP contribution >= 0.6 is 0 Å². The molecule has 12 aromatic carbocycles. The van der Waals surface area contributed by atoms with E-state index in [9.17, 15) is 0 Å². The molecule has 12 rings (SSSR count). The minimum Gasteiger partial charge on any atom is -0.396 e. The number of aliphatic hydroxyl groups is 1. The molecule has 0 saturated carbocycles. The van der Waals surface area contributed by atoms with Gasteiger partial charge in [0.05, 0.1) is 0 Å². The third-order valence-corrected chi connectivity index (χ3v) is 11.9. The monoisotopic (exact) mass is 1150 g/mol. The number of hydrogen-bond donors (Lipinski definition) is 1. The molecule has 0 bridgehead atoms. The number of aryl methyl sites for hydroxylation is 12. The first kappa shape index (κ1) is 75.6. The molecule has 0 aliphatic carbocycles. The van der Waals surface area contributed by atoms with Crippen molar-refractivity contribution in [2.45, 2.75) is 89.5 Å². The van der Waals surface area contributed by atoms with Crippen molar-refractivity contribution in [3.05, 3.63) is 430 Å². The van der Waals surface area contributed by atoms with Crippen LogP contribution in [0.1, 0.15) is 72.3 Å². The second-order valence-electron chi connectivity index (χ2n) is 20.7. The Morgan fingerprint density at radius 2 is 0.253 bits per heavy atom. The van der Waals surface area contributed by atoms with Crippen LogP contribution in [0.2, 0.25) is 0 Å². The fourth-order valence-corrected chi connectivity index (χ4v) is 6.76. The molecule has 0 aliphatic heterocycles. The van der Waals surface area contributed by atoms with E-state index >= 15 is 0 Å². The Kier molecular flexibility index (Phi) is 46.4. The highest BCUT2D eigenvalue weighted by atomic mass is 16.3. The van der Waals surface area contributed by atoms with E-state index in [4.69, 9.17) is 5.11 Å². The van der Waals surface area contributed by atoms with Crippen LogP contribution in [-0.2, 0) is 6.42 Å². The van der Waals surface area contributed by atoms with Crippen LogP contribution in [0.15, 0.2) is 358 Å². The van der Waals surface area contributed by atoms with Crippen molar-refractivity contribution in [2.24, 2.45) is 0 Å². The van der Waals surface area contributed by atoms with Gasteiger partial charge in [0.15, 0.2) is 0 Å². The maximum Gasteiger partial charge on any atom is 0.0471 e. The van der Waals surface area contributed by atoms with Gasteiger partial charge in [0, 0.05) is 6.61 Å². The van der Waals surface area contributed by atoms with E-state index in [1.54, 1.807) is 0 Å². The maximum absolute atomic E-state index is 8.59. The molecule has 87 heavy (non-hydrogen) atoms. The first-order valence-electron chi connectivity index (χ1n) is 30.0. The first-order chi connectivity index (χ1) is 42.2. The summed E-state index contributed by atoms with van der Waals surface area (Å²) in [7, 11) is 0. The van der Waals surface area contributed by atoms with Crippen molar-refractivity contribution in [1.82, 2.24) is 0 Å². The highest BCUT2D eigenvalue weighted by molar-refractivity contribution is 5.22. The van der Waals surface area contributed by atoms with Gasteiger partial charge in [0.25, 0.3) is 0 Å². The molecule has 1 N–H and O–H groups in total. The van der Waals surface area contributed by atoms with Gasteiger partial charge in [-0.15, -0.1) is 0 Å². The third kappa shape index (κ3) is 50.8. The fraction of sp³-hybridized carbons (Fsp3) is 0.163. The molecular formula is C86H100O. The zero-order valence-electron chi connectivity index (χ0n) is 54.4. The van der Waals surface area contributed by atoms with Crippen LogP contribution in [0.4, 0.5) is 0 Å². The SMILES string of the molecule is Cc1ccc(CCO)cc1.Cc1ccccc1.Cc1ccccc1.Cc1ccccc1.Cc1ccccc1.Cc1ccccc1.Cc1ccccc1.Cc1ccccc1.Cc1ccccc1.Cc1ccccc1.Cc1ccccc1.Cc1ccccc1. The minimum atomic E-state index is 0.239. The molecule has 1 heteroatoms. The van der Waals surface area contributed by atoms with Crippen molar-refractivity contribution >= 4 is 0 Å². The smallest absolute Gasteiger partial charge is 0.0471 e. The van der Waals surface area contributed by atoms with Gasteiger partial charge in [0.1, 0.15) is 0 Å². The number of hydrogen-bond acceptors (Lipinski definition) is 1.